The molecule has 1 aromatic carbocycles. The Morgan fingerprint density at radius 3 is 2.71 bits per heavy atom. The van der Waals surface area contributed by atoms with Crippen LogP contribution < -0.4 is 10.1 Å². The van der Waals surface area contributed by atoms with E-state index in [0.29, 0.717) is 62.1 Å². The third kappa shape index (κ3) is 7.58. The number of hydrogen-bond donors (Lipinski definition) is 2. The van der Waals surface area contributed by atoms with Gasteiger partial charge in [0.15, 0.2) is 0 Å². The van der Waals surface area contributed by atoms with E-state index in [0.717, 1.165) is 30.6 Å². The summed E-state index contributed by atoms with van der Waals surface area (Å²) < 4.78 is 10.8. The third-order valence-electron chi connectivity index (χ3n) is 6.63. The molecule has 11 heteroatoms. The number of benzene rings is 1. The summed E-state index contributed by atoms with van der Waals surface area (Å²) in [6.45, 7) is 3.94. The Bertz CT molecular complexity index is 1240. The maximum absolute atomic E-state index is 12.9. The number of tetrazole rings is 1. The lowest BCUT2D eigenvalue weighted by Gasteiger charge is -2.25. The molecule has 0 saturated heterocycles. The predicted octanol–water partition coefficient (Wildman–Crippen LogP) is 3.28. The summed E-state index contributed by atoms with van der Waals surface area (Å²) >= 11 is 0. The van der Waals surface area contributed by atoms with E-state index < -0.39 is 5.97 Å². The van der Waals surface area contributed by atoms with Crippen LogP contribution in [-0.4, -0.2) is 62.5 Å². The lowest BCUT2D eigenvalue weighted by Crippen LogP contribution is -2.24. The molecule has 202 valence electrons. The topological polar surface area (TPSA) is 141 Å². The zero-order valence-electron chi connectivity index (χ0n) is 21.8. The first kappa shape index (κ1) is 27.2. The number of ether oxygens (including phenoxy) is 2. The van der Waals surface area contributed by atoms with Gasteiger partial charge in [-0.3, -0.25) is 9.59 Å². The highest BCUT2D eigenvalue weighted by molar-refractivity contribution is 5.93. The van der Waals surface area contributed by atoms with Crippen LogP contribution in [-0.2, 0) is 22.6 Å². The maximum Gasteiger partial charge on any atom is 0.306 e. The number of rotatable bonds is 12. The minimum Gasteiger partial charge on any atom is -0.493 e. The monoisotopic (exact) mass is 522 g/mol. The van der Waals surface area contributed by atoms with Crippen molar-refractivity contribution in [1.29, 1.82) is 0 Å². The van der Waals surface area contributed by atoms with Crippen LogP contribution in [0.25, 0.3) is 11.4 Å². The number of hydrogen-bond acceptors (Lipinski definition) is 8. The molecule has 1 saturated carbocycles. The van der Waals surface area contributed by atoms with Crippen LogP contribution in [0.4, 0.5) is 0 Å². The molecule has 0 aliphatic heterocycles. The molecule has 11 nitrogen and oxygen atoms in total. The molecule has 0 atom stereocenters. The van der Waals surface area contributed by atoms with Gasteiger partial charge in [0.05, 0.1) is 19.1 Å². The molecule has 3 aromatic rings. The minimum atomic E-state index is -0.714. The Kier molecular flexibility index (Phi) is 9.36. The van der Waals surface area contributed by atoms with Crippen LogP contribution in [0, 0.1) is 18.8 Å². The predicted molar refractivity (Wildman–Crippen MR) is 138 cm³/mol. The van der Waals surface area contributed by atoms with E-state index in [9.17, 15) is 14.7 Å². The van der Waals surface area contributed by atoms with Gasteiger partial charge in [-0.15, -0.1) is 10.2 Å². The Morgan fingerprint density at radius 1 is 1.13 bits per heavy atom. The van der Waals surface area contributed by atoms with Crippen molar-refractivity contribution in [2.75, 3.05) is 20.3 Å². The van der Waals surface area contributed by atoms with Crippen LogP contribution >= 0.6 is 0 Å². The van der Waals surface area contributed by atoms with Gasteiger partial charge >= 0.3 is 5.97 Å². The quantitative estimate of drug-likeness (QED) is 0.343. The van der Waals surface area contributed by atoms with Gasteiger partial charge in [-0.05, 0) is 73.6 Å². The number of aliphatic carboxylic acids is 1. The van der Waals surface area contributed by atoms with Crippen molar-refractivity contribution in [3.63, 3.8) is 0 Å². The Balaban J connectivity index is 1.34. The summed E-state index contributed by atoms with van der Waals surface area (Å²) in [5.74, 6) is 0.216. The van der Waals surface area contributed by atoms with Gasteiger partial charge in [0, 0.05) is 37.9 Å². The van der Waals surface area contributed by atoms with E-state index in [1.165, 1.54) is 0 Å². The van der Waals surface area contributed by atoms with Crippen molar-refractivity contribution < 1.29 is 24.2 Å². The minimum absolute atomic E-state index is 0.252. The number of carboxylic acid groups (broad SMARTS) is 1. The molecule has 0 bridgehead atoms. The molecule has 0 radical (unpaired) electrons. The highest BCUT2D eigenvalue weighted by Gasteiger charge is 2.26. The molecule has 4 rings (SSSR count). The molecule has 1 amide bonds. The maximum atomic E-state index is 12.9. The third-order valence-corrected chi connectivity index (χ3v) is 6.63. The number of nitrogens with one attached hydrogen (secondary N) is 1. The molecule has 0 spiro atoms. The standard InChI is InChI=1S/C27H34N6O5/c1-18-13-22(25-30-32-33(31-25)17-19-7-9-21(10-8-19)27(35)36)15-24(29-18)26(34)28-16-20-5-3-6-23(14-20)38-12-4-11-37-2/h3,5-6,13-15,19,21H,4,7-12,16-17H2,1-2H3,(H,28,34)(H,35,36)/t19-,21-. The number of pyridine rings is 1. The number of aryl methyl sites for hydroxylation is 1. The van der Waals surface area contributed by atoms with E-state index in [4.69, 9.17) is 9.47 Å². The van der Waals surface area contributed by atoms with E-state index in [1.54, 1.807) is 18.0 Å². The van der Waals surface area contributed by atoms with Crippen molar-refractivity contribution in [2.24, 2.45) is 11.8 Å². The van der Waals surface area contributed by atoms with Crippen molar-refractivity contribution >= 4 is 11.9 Å². The van der Waals surface area contributed by atoms with Crippen LogP contribution in [0.2, 0.25) is 0 Å². The summed E-state index contributed by atoms with van der Waals surface area (Å²) in [5, 5.41) is 25.0. The Labute approximate surface area is 221 Å². The van der Waals surface area contributed by atoms with Crippen LogP contribution in [0.3, 0.4) is 0 Å². The van der Waals surface area contributed by atoms with Gasteiger partial charge in [0.2, 0.25) is 5.82 Å². The van der Waals surface area contributed by atoms with Gasteiger partial charge in [0.25, 0.3) is 5.91 Å². The molecule has 1 fully saturated rings. The highest BCUT2D eigenvalue weighted by atomic mass is 16.5. The summed E-state index contributed by atoms with van der Waals surface area (Å²) in [6, 6.07) is 11.1. The molecule has 0 unspecified atom stereocenters. The first-order valence-corrected chi connectivity index (χ1v) is 12.9. The second-order valence-electron chi connectivity index (χ2n) is 9.63. The number of nitrogens with zero attached hydrogens (tertiary/aromatic N) is 5. The molecule has 2 aromatic heterocycles. The summed E-state index contributed by atoms with van der Waals surface area (Å²) in [7, 11) is 1.66. The fourth-order valence-corrected chi connectivity index (χ4v) is 4.58. The molecule has 2 N–H and O–H groups in total. The first-order valence-electron chi connectivity index (χ1n) is 12.9. The smallest absolute Gasteiger partial charge is 0.306 e. The molecular formula is C27H34N6O5. The second-order valence-corrected chi connectivity index (χ2v) is 9.63. The average molecular weight is 523 g/mol. The molecule has 1 aliphatic carbocycles. The largest absolute Gasteiger partial charge is 0.493 e. The SMILES string of the molecule is COCCCOc1cccc(CNC(=O)c2cc(-c3nnn(C[C@H]4CC[C@H](C(=O)O)CC4)n3)cc(C)n2)c1. The van der Waals surface area contributed by atoms with Gasteiger partial charge in [-0.1, -0.05) is 12.1 Å². The first-order chi connectivity index (χ1) is 18.4. The fourth-order valence-electron chi connectivity index (χ4n) is 4.58. The molecular weight excluding hydrogens is 488 g/mol. The van der Waals surface area contributed by atoms with Crippen molar-refractivity contribution in [3.8, 4) is 17.1 Å². The van der Waals surface area contributed by atoms with Crippen molar-refractivity contribution in [1.82, 2.24) is 30.5 Å². The van der Waals surface area contributed by atoms with Crippen LogP contribution in [0.5, 0.6) is 5.75 Å². The van der Waals surface area contributed by atoms with Crippen molar-refractivity contribution in [2.45, 2.75) is 52.1 Å². The molecule has 38 heavy (non-hydrogen) atoms. The highest BCUT2D eigenvalue weighted by Crippen LogP contribution is 2.30. The van der Waals surface area contributed by atoms with Gasteiger partial charge in [-0.2, -0.15) is 4.80 Å². The van der Waals surface area contributed by atoms with Gasteiger partial charge in [-0.25, -0.2) is 4.98 Å². The van der Waals surface area contributed by atoms with Crippen LogP contribution in [0.15, 0.2) is 36.4 Å². The lowest BCUT2D eigenvalue weighted by molar-refractivity contribution is -0.143. The number of aromatic nitrogens is 5. The lowest BCUT2D eigenvalue weighted by atomic mass is 9.82. The summed E-state index contributed by atoms with van der Waals surface area (Å²) in [5.41, 5.74) is 2.52. The number of carbonyl (C=O) groups excluding carboxylic acids is 1. The van der Waals surface area contributed by atoms with Gasteiger partial charge < -0.3 is 19.9 Å². The van der Waals surface area contributed by atoms with E-state index in [2.05, 4.69) is 25.7 Å². The van der Waals surface area contributed by atoms with E-state index in [1.807, 2.05) is 37.3 Å². The van der Waals surface area contributed by atoms with E-state index >= 15 is 0 Å². The normalized spacial score (nSPS) is 17.2. The number of methoxy groups -OCH3 is 1. The summed E-state index contributed by atoms with van der Waals surface area (Å²) in [6.07, 6.45) is 3.81. The molecule has 1 aliphatic rings. The average Bonchev–Trinajstić information content (AvgIpc) is 3.38. The zero-order chi connectivity index (χ0) is 26.9. The van der Waals surface area contributed by atoms with Crippen LogP contribution in [0.1, 0.15) is 53.8 Å². The van der Waals surface area contributed by atoms with E-state index in [-0.39, 0.29) is 17.5 Å². The number of carboxylic acids is 1. The van der Waals surface area contributed by atoms with Crippen molar-refractivity contribution in [3.05, 3.63) is 53.3 Å². The summed E-state index contributed by atoms with van der Waals surface area (Å²) in [4.78, 5) is 30.0. The Morgan fingerprint density at radius 2 is 1.95 bits per heavy atom. The molecule has 2 heterocycles. The Hall–Kier alpha value is -3.86. The number of amides is 1. The fraction of sp³-hybridized carbons (Fsp3) is 0.481. The zero-order valence-corrected chi connectivity index (χ0v) is 21.8. The second kappa shape index (κ2) is 13.1. The van der Waals surface area contributed by atoms with Gasteiger partial charge in [0.1, 0.15) is 11.4 Å². The number of carbonyl (C=O) groups is 2.